The molecule has 6 rings (SSSR count). The van der Waals surface area contributed by atoms with Crippen molar-refractivity contribution >= 4 is 90.3 Å². The van der Waals surface area contributed by atoms with Crippen molar-refractivity contribution in [2.24, 2.45) is 0 Å². The SMILES string of the molecule is Cl.ClCc1c2ccccc2c(CCl)c2ccccc12.OCCOCCNCc1c2ccccc2c(CCl)c2ccccc12. The number of nitrogens with one attached hydrogen (secondary N) is 1. The Labute approximate surface area is 274 Å². The number of ether oxygens (including phenoxy) is 1. The number of aliphatic hydroxyl groups is 1. The first kappa shape index (κ1) is 33.3. The molecule has 0 fully saturated rings. The van der Waals surface area contributed by atoms with Crippen LogP contribution in [0, 0.1) is 0 Å². The summed E-state index contributed by atoms with van der Waals surface area (Å²) < 4.78 is 5.30. The summed E-state index contributed by atoms with van der Waals surface area (Å²) >= 11 is 18.6. The van der Waals surface area contributed by atoms with Crippen LogP contribution in [0.1, 0.15) is 22.3 Å². The van der Waals surface area contributed by atoms with Crippen LogP contribution in [0.15, 0.2) is 97.1 Å². The molecule has 0 heterocycles. The lowest BCUT2D eigenvalue weighted by Crippen LogP contribution is -2.20. The van der Waals surface area contributed by atoms with Crippen molar-refractivity contribution in [3.8, 4) is 0 Å². The summed E-state index contributed by atoms with van der Waals surface area (Å²) in [5.74, 6) is 1.54. The van der Waals surface area contributed by atoms with Gasteiger partial charge in [0.25, 0.3) is 0 Å². The lowest BCUT2D eigenvalue weighted by Gasteiger charge is -2.16. The molecule has 224 valence electrons. The smallest absolute Gasteiger partial charge is 0.0698 e. The zero-order valence-electron chi connectivity index (χ0n) is 23.8. The van der Waals surface area contributed by atoms with E-state index >= 15 is 0 Å². The minimum Gasteiger partial charge on any atom is -0.394 e. The summed E-state index contributed by atoms with van der Waals surface area (Å²) in [6, 6.07) is 33.6. The molecular formula is C36H35Cl4NO2. The number of alkyl halides is 3. The second kappa shape index (κ2) is 16.5. The van der Waals surface area contributed by atoms with Crippen LogP contribution in [0.5, 0.6) is 0 Å². The van der Waals surface area contributed by atoms with Gasteiger partial charge in [-0.25, -0.2) is 0 Å². The highest BCUT2D eigenvalue weighted by Gasteiger charge is 2.13. The van der Waals surface area contributed by atoms with Crippen molar-refractivity contribution in [2.75, 3.05) is 26.4 Å². The first-order chi connectivity index (χ1) is 20.7. The van der Waals surface area contributed by atoms with Gasteiger partial charge in [-0.05, 0) is 65.3 Å². The van der Waals surface area contributed by atoms with Crippen molar-refractivity contribution in [3.05, 3.63) is 119 Å². The summed E-state index contributed by atoms with van der Waals surface area (Å²) in [6.07, 6.45) is 0. The highest BCUT2D eigenvalue weighted by Crippen LogP contribution is 2.35. The van der Waals surface area contributed by atoms with Gasteiger partial charge >= 0.3 is 0 Å². The summed E-state index contributed by atoms with van der Waals surface area (Å²) in [4.78, 5) is 0. The van der Waals surface area contributed by atoms with Crippen LogP contribution in [0.3, 0.4) is 0 Å². The number of rotatable bonds is 10. The summed E-state index contributed by atoms with van der Waals surface area (Å²) in [7, 11) is 0. The van der Waals surface area contributed by atoms with Crippen LogP contribution >= 0.6 is 47.2 Å². The molecular weight excluding hydrogens is 620 g/mol. The minimum absolute atomic E-state index is 0. The molecule has 3 nitrogen and oxygen atoms in total. The molecule has 0 atom stereocenters. The van der Waals surface area contributed by atoms with Gasteiger partial charge in [0.2, 0.25) is 0 Å². The van der Waals surface area contributed by atoms with Crippen LogP contribution < -0.4 is 5.32 Å². The van der Waals surface area contributed by atoms with E-state index in [0.29, 0.717) is 30.9 Å². The van der Waals surface area contributed by atoms with Gasteiger partial charge in [-0.1, -0.05) is 97.1 Å². The summed E-state index contributed by atoms with van der Waals surface area (Å²) in [6.45, 7) is 2.56. The Balaban J connectivity index is 0.000000199. The maximum Gasteiger partial charge on any atom is 0.0698 e. The molecule has 6 aromatic carbocycles. The van der Waals surface area contributed by atoms with Crippen LogP contribution in [-0.2, 0) is 28.9 Å². The van der Waals surface area contributed by atoms with E-state index in [2.05, 4.69) is 78.1 Å². The maximum atomic E-state index is 8.73. The van der Waals surface area contributed by atoms with Crippen LogP contribution in [0.2, 0.25) is 0 Å². The lowest BCUT2D eigenvalue weighted by atomic mass is 9.92. The average molecular weight is 655 g/mol. The zero-order chi connectivity index (χ0) is 29.3. The fraction of sp³-hybridized carbons (Fsp3) is 0.222. The van der Waals surface area contributed by atoms with E-state index in [4.69, 9.17) is 44.6 Å². The molecule has 0 aliphatic heterocycles. The van der Waals surface area contributed by atoms with E-state index in [1.807, 2.05) is 24.3 Å². The van der Waals surface area contributed by atoms with Gasteiger partial charge in [0, 0.05) is 30.7 Å². The number of halogens is 4. The monoisotopic (exact) mass is 653 g/mol. The number of fused-ring (bicyclic) bond motifs is 4. The Bertz CT molecular complexity index is 1630. The van der Waals surface area contributed by atoms with E-state index < -0.39 is 0 Å². The zero-order valence-corrected chi connectivity index (χ0v) is 26.9. The summed E-state index contributed by atoms with van der Waals surface area (Å²) in [5, 5.41) is 21.9. The second-order valence-electron chi connectivity index (χ2n) is 10.0. The Morgan fingerprint density at radius 3 is 1.07 bits per heavy atom. The van der Waals surface area contributed by atoms with Crippen molar-refractivity contribution in [1.82, 2.24) is 5.32 Å². The molecule has 0 amide bonds. The molecule has 43 heavy (non-hydrogen) atoms. The van der Waals surface area contributed by atoms with Gasteiger partial charge in [-0.15, -0.1) is 47.2 Å². The molecule has 6 aromatic rings. The van der Waals surface area contributed by atoms with E-state index in [-0.39, 0.29) is 19.0 Å². The first-order valence-electron chi connectivity index (χ1n) is 14.1. The topological polar surface area (TPSA) is 41.5 Å². The van der Waals surface area contributed by atoms with Crippen LogP contribution in [0.25, 0.3) is 43.1 Å². The Morgan fingerprint density at radius 1 is 0.488 bits per heavy atom. The highest BCUT2D eigenvalue weighted by molar-refractivity contribution is 6.23. The number of hydrogen-bond acceptors (Lipinski definition) is 3. The van der Waals surface area contributed by atoms with E-state index in [1.54, 1.807) is 0 Å². The second-order valence-corrected chi connectivity index (χ2v) is 10.8. The van der Waals surface area contributed by atoms with Crippen molar-refractivity contribution in [1.29, 1.82) is 0 Å². The number of aliphatic hydroxyl groups excluding tert-OH is 1. The third-order valence-electron chi connectivity index (χ3n) is 7.67. The van der Waals surface area contributed by atoms with E-state index in [0.717, 1.165) is 13.1 Å². The van der Waals surface area contributed by atoms with E-state index in [1.165, 1.54) is 65.3 Å². The molecule has 0 saturated heterocycles. The van der Waals surface area contributed by atoms with Gasteiger partial charge in [0.1, 0.15) is 0 Å². The van der Waals surface area contributed by atoms with Gasteiger partial charge in [0.15, 0.2) is 0 Å². The van der Waals surface area contributed by atoms with E-state index in [9.17, 15) is 0 Å². The minimum atomic E-state index is 0. The molecule has 0 bridgehead atoms. The molecule has 7 heteroatoms. The van der Waals surface area contributed by atoms with Crippen molar-refractivity contribution in [2.45, 2.75) is 24.2 Å². The predicted molar refractivity (Wildman–Crippen MR) is 188 cm³/mol. The molecule has 0 aliphatic rings. The molecule has 0 saturated carbocycles. The van der Waals surface area contributed by atoms with Gasteiger partial charge in [-0.3, -0.25) is 0 Å². The third-order valence-corrected chi connectivity index (χ3v) is 8.47. The van der Waals surface area contributed by atoms with Gasteiger partial charge in [-0.2, -0.15) is 0 Å². The maximum absolute atomic E-state index is 8.73. The fourth-order valence-electron chi connectivity index (χ4n) is 5.76. The molecule has 0 unspecified atom stereocenters. The molecule has 0 aliphatic carbocycles. The first-order valence-corrected chi connectivity index (χ1v) is 15.7. The Morgan fingerprint density at radius 2 is 0.791 bits per heavy atom. The normalized spacial score (nSPS) is 11.1. The standard InChI is InChI=1S/C20H22ClNO2.C16H12Cl2.ClH/c21-13-19-15-5-1-3-7-17(15)20(14-22-9-11-24-12-10-23)18-8-4-2-6-16(18)19;17-9-15-11-5-1-2-6-12(11)16(10-18)14-8-4-3-7-13(14)15;/h1-8,22-23H,9-14H2;1-8H,9-10H2;1H. The molecule has 0 aromatic heterocycles. The van der Waals surface area contributed by atoms with Gasteiger partial charge in [0.05, 0.1) is 19.8 Å². The van der Waals surface area contributed by atoms with Gasteiger partial charge < -0.3 is 15.2 Å². The Kier molecular flexibility index (Phi) is 12.8. The highest BCUT2D eigenvalue weighted by atomic mass is 35.5. The lowest BCUT2D eigenvalue weighted by molar-refractivity contribution is 0.0938. The van der Waals surface area contributed by atoms with Crippen LogP contribution in [0.4, 0.5) is 0 Å². The Hall–Kier alpha value is -2.60. The number of hydrogen-bond donors (Lipinski definition) is 2. The summed E-state index contributed by atoms with van der Waals surface area (Å²) in [5.41, 5.74) is 4.86. The average Bonchev–Trinajstić information content (AvgIpc) is 3.05. The predicted octanol–water partition coefficient (Wildman–Crippen LogP) is 9.72. The fourth-order valence-corrected chi connectivity index (χ4v) is 6.63. The molecule has 2 N–H and O–H groups in total. The third kappa shape index (κ3) is 7.21. The van der Waals surface area contributed by atoms with Crippen molar-refractivity contribution in [3.63, 3.8) is 0 Å². The molecule has 0 spiro atoms. The largest absolute Gasteiger partial charge is 0.394 e. The quantitative estimate of drug-likeness (QED) is 0.0878. The van der Waals surface area contributed by atoms with Crippen molar-refractivity contribution < 1.29 is 9.84 Å². The number of benzene rings is 6. The van der Waals surface area contributed by atoms with Crippen LogP contribution in [-0.4, -0.2) is 31.5 Å². The molecule has 0 radical (unpaired) electrons.